The van der Waals surface area contributed by atoms with Crippen molar-refractivity contribution in [3.05, 3.63) is 42.0 Å². The smallest absolute Gasteiger partial charge is 0.254 e. The van der Waals surface area contributed by atoms with Crippen LogP contribution in [0, 0.1) is 5.82 Å². The average molecular weight is 329 g/mol. The van der Waals surface area contributed by atoms with E-state index in [1.165, 1.54) is 31.2 Å². The van der Waals surface area contributed by atoms with Crippen LogP contribution in [-0.4, -0.2) is 29.0 Å². The Morgan fingerprint density at radius 3 is 2.58 bits per heavy atom. The zero-order chi connectivity index (χ0) is 16.9. The third-order valence-corrected chi connectivity index (χ3v) is 4.07. The highest BCUT2D eigenvalue weighted by Gasteiger charge is 2.19. The average Bonchev–Trinajstić information content (AvgIpc) is 3.09. The van der Waals surface area contributed by atoms with Crippen molar-refractivity contribution in [2.24, 2.45) is 0 Å². The van der Waals surface area contributed by atoms with Gasteiger partial charge >= 0.3 is 0 Å². The lowest BCUT2D eigenvalue weighted by atomic mass is 10.1. The molecule has 0 aromatic carbocycles. The topological polar surface area (TPSA) is 78.9 Å². The number of aromatic nitrogens is 2. The normalized spacial score (nSPS) is 14.4. The van der Waals surface area contributed by atoms with Crippen LogP contribution in [0.4, 0.5) is 21.7 Å². The van der Waals surface area contributed by atoms with Gasteiger partial charge in [0.1, 0.15) is 17.5 Å². The molecule has 126 valence electrons. The third-order valence-electron chi connectivity index (χ3n) is 4.07. The largest absolute Gasteiger partial charge is 0.382 e. The van der Waals surface area contributed by atoms with Crippen molar-refractivity contribution in [3.63, 3.8) is 0 Å². The summed E-state index contributed by atoms with van der Waals surface area (Å²) in [6.07, 6.45) is 7.25. The molecule has 1 saturated carbocycles. The van der Waals surface area contributed by atoms with Crippen molar-refractivity contribution < 1.29 is 9.18 Å². The van der Waals surface area contributed by atoms with E-state index in [2.05, 4.69) is 25.9 Å². The Hall–Kier alpha value is -2.70. The van der Waals surface area contributed by atoms with E-state index in [0.29, 0.717) is 23.2 Å². The molecule has 1 aliphatic carbocycles. The van der Waals surface area contributed by atoms with Gasteiger partial charge in [-0.3, -0.25) is 4.79 Å². The number of hydrogen-bond donors (Lipinski definition) is 3. The van der Waals surface area contributed by atoms with Gasteiger partial charge in [-0.1, -0.05) is 12.8 Å². The second-order valence-corrected chi connectivity index (χ2v) is 5.81. The van der Waals surface area contributed by atoms with Crippen LogP contribution in [-0.2, 0) is 0 Å². The predicted molar refractivity (Wildman–Crippen MR) is 91.0 cm³/mol. The van der Waals surface area contributed by atoms with E-state index in [-0.39, 0.29) is 5.91 Å². The number of pyridine rings is 2. The van der Waals surface area contributed by atoms with E-state index >= 15 is 0 Å². The van der Waals surface area contributed by atoms with Gasteiger partial charge in [0.05, 0.1) is 17.4 Å². The standard InChI is InChI=1S/C17H20FN5O/c1-19-17(24)13-10-21-16(23-15-7-6-11(18)9-20-15)8-14(13)22-12-4-2-3-5-12/h6-10,12H,2-5H2,1H3,(H,19,24)(H2,20,21,22,23). The molecule has 0 saturated heterocycles. The lowest BCUT2D eigenvalue weighted by Gasteiger charge is -2.17. The first-order valence-corrected chi connectivity index (χ1v) is 8.03. The fourth-order valence-corrected chi connectivity index (χ4v) is 2.83. The second-order valence-electron chi connectivity index (χ2n) is 5.81. The molecule has 1 aliphatic rings. The van der Waals surface area contributed by atoms with Crippen LogP contribution in [0.2, 0.25) is 0 Å². The molecule has 0 atom stereocenters. The summed E-state index contributed by atoms with van der Waals surface area (Å²) in [6, 6.07) is 5.01. The fraction of sp³-hybridized carbons (Fsp3) is 0.353. The highest BCUT2D eigenvalue weighted by molar-refractivity contribution is 5.99. The molecule has 2 aromatic rings. The Balaban J connectivity index is 1.84. The lowest BCUT2D eigenvalue weighted by molar-refractivity contribution is 0.0963. The first-order chi connectivity index (χ1) is 11.7. The number of anilines is 3. The number of carbonyl (C=O) groups excluding carboxylic acids is 1. The maximum absolute atomic E-state index is 12.9. The monoisotopic (exact) mass is 329 g/mol. The van der Waals surface area contributed by atoms with Gasteiger partial charge in [-0.05, 0) is 25.0 Å². The van der Waals surface area contributed by atoms with Gasteiger partial charge in [0.2, 0.25) is 0 Å². The molecule has 3 N–H and O–H groups in total. The quantitative estimate of drug-likeness (QED) is 0.786. The molecule has 0 aliphatic heterocycles. The summed E-state index contributed by atoms with van der Waals surface area (Å²) in [6.45, 7) is 0. The van der Waals surface area contributed by atoms with E-state index < -0.39 is 5.82 Å². The second kappa shape index (κ2) is 7.25. The first kappa shape index (κ1) is 16.2. The summed E-state index contributed by atoms with van der Waals surface area (Å²) in [5.41, 5.74) is 1.24. The highest BCUT2D eigenvalue weighted by Crippen LogP contribution is 2.26. The zero-order valence-electron chi connectivity index (χ0n) is 13.5. The number of rotatable bonds is 5. The molecular weight excluding hydrogens is 309 g/mol. The Bertz CT molecular complexity index is 713. The van der Waals surface area contributed by atoms with Crippen LogP contribution >= 0.6 is 0 Å². The molecule has 1 amide bonds. The molecule has 2 aromatic heterocycles. The summed E-state index contributed by atoms with van der Waals surface area (Å²) in [4.78, 5) is 20.3. The van der Waals surface area contributed by atoms with Crippen molar-refractivity contribution in [1.82, 2.24) is 15.3 Å². The van der Waals surface area contributed by atoms with Gasteiger partial charge in [-0.15, -0.1) is 0 Å². The van der Waals surface area contributed by atoms with Gasteiger partial charge in [0.15, 0.2) is 0 Å². The van der Waals surface area contributed by atoms with Crippen LogP contribution < -0.4 is 16.0 Å². The van der Waals surface area contributed by atoms with Crippen molar-refractivity contribution in [1.29, 1.82) is 0 Å². The van der Waals surface area contributed by atoms with Crippen molar-refractivity contribution in [3.8, 4) is 0 Å². The van der Waals surface area contributed by atoms with Crippen molar-refractivity contribution >= 4 is 23.2 Å². The van der Waals surface area contributed by atoms with Gasteiger partial charge in [-0.2, -0.15) is 0 Å². The minimum absolute atomic E-state index is 0.186. The molecule has 0 spiro atoms. The summed E-state index contributed by atoms with van der Waals surface area (Å²) in [7, 11) is 1.59. The van der Waals surface area contributed by atoms with Crippen LogP contribution in [0.15, 0.2) is 30.6 Å². The fourth-order valence-electron chi connectivity index (χ4n) is 2.83. The highest BCUT2D eigenvalue weighted by atomic mass is 19.1. The molecule has 2 heterocycles. The summed E-state index contributed by atoms with van der Waals surface area (Å²) < 4.78 is 12.9. The number of nitrogens with zero attached hydrogens (tertiary/aromatic N) is 2. The molecule has 0 radical (unpaired) electrons. The summed E-state index contributed by atoms with van der Waals surface area (Å²) >= 11 is 0. The minimum Gasteiger partial charge on any atom is -0.382 e. The van der Waals surface area contributed by atoms with Gasteiger partial charge in [-0.25, -0.2) is 14.4 Å². The SMILES string of the molecule is CNC(=O)c1cnc(Nc2ccc(F)cn2)cc1NC1CCCC1. The Kier molecular flexibility index (Phi) is 4.88. The molecular formula is C17H20FN5O. The van der Waals surface area contributed by atoms with E-state index in [0.717, 1.165) is 24.7 Å². The van der Waals surface area contributed by atoms with Crippen LogP contribution in [0.25, 0.3) is 0 Å². The minimum atomic E-state index is -0.396. The number of nitrogens with one attached hydrogen (secondary N) is 3. The number of amides is 1. The lowest BCUT2D eigenvalue weighted by Crippen LogP contribution is -2.23. The predicted octanol–water partition coefficient (Wildman–Crippen LogP) is 3.07. The summed E-state index contributed by atoms with van der Waals surface area (Å²) in [5.74, 6) is 0.451. The third kappa shape index (κ3) is 3.79. The Morgan fingerprint density at radius 2 is 1.92 bits per heavy atom. The molecule has 0 unspecified atom stereocenters. The van der Waals surface area contributed by atoms with Crippen LogP contribution in [0.3, 0.4) is 0 Å². The summed E-state index contributed by atoms with van der Waals surface area (Å²) in [5, 5.41) is 9.09. The van der Waals surface area contributed by atoms with Crippen LogP contribution in [0.5, 0.6) is 0 Å². The van der Waals surface area contributed by atoms with E-state index in [1.54, 1.807) is 13.1 Å². The van der Waals surface area contributed by atoms with E-state index in [9.17, 15) is 9.18 Å². The molecule has 3 rings (SSSR count). The van der Waals surface area contributed by atoms with Crippen molar-refractivity contribution in [2.75, 3.05) is 17.7 Å². The molecule has 6 nitrogen and oxygen atoms in total. The molecule has 0 bridgehead atoms. The molecule has 7 heteroatoms. The maximum Gasteiger partial charge on any atom is 0.254 e. The van der Waals surface area contributed by atoms with Gasteiger partial charge < -0.3 is 16.0 Å². The van der Waals surface area contributed by atoms with E-state index in [4.69, 9.17) is 0 Å². The Morgan fingerprint density at radius 1 is 1.17 bits per heavy atom. The zero-order valence-corrected chi connectivity index (χ0v) is 13.5. The van der Waals surface area contributed by atoms with Gasteiger partial charge in [0.25, 0.3) is 5.91 Å². The van der Waals surface area contributed by atoms with E-state index in [1.807, 2.05) is 0 Å². The maximum atomic E-state index is 12.9. The van der Waals surface area contributed by atoms with Crippen molar-refractivity contribution in [2.45, 2.75) is 31.7 Å². The number of hydrogen-bond acceptors (Lipinski definition) is 5. The van der Waals surface area contributed by atoms with Gasteiger partial charge in [0, 0.05) is 25.4 Å². The first-order valence-electron chi connectivity index (χ1n) is 8.03. The Labute approximate surface area is 139 Å². The number of carbonyl (C=O) groups is 1. The molecule has 24 heavy (non-hydrogen) atoms. The number of halogens is 1. The van der Waals surface area contributed by atoms with Crippen LogP contribution in [0.1, 0.15) is 36.0 Å². The molecule has 1 fully saturated rings.